The Kier molecular flexibility index (Phi) is 6.22. The summed E-state index contributed by atoms with van der Waals surface area (Å²) in [4.78, 5) is 5.19. The molecule has 8 aromatic carbocycles. The van der Waals surface area contributed by atoms with Crippen molar-refractivity contribution < 1.29 is 0 Å². The summed E-state index contributed by atoms with van der Waals surface area (Å²) in [6.07, 6.45) is 0. The van der Waals surface area contributed by atoms with E-state index in [1.807, 2.05) is 0 Å². The van der Waals surface area contributed by atoms with E-state index in [2.05, 4.69) is 187 Å². The van der Waals surface area contributed by atoms with Crippen molar-refractivity contribution >= 4 is 54.3 Å². The van der Waals surface area contributed by atoms with E-state index in [0.29, 0.717) is 0 Å². The monoisotopic (exact) mass is 622 g/mol. The van der Waals surface area contributed by atoms with Crippen LogP contribution >= 0.6 is 0 Å². The van der Waals surface area contributed by atoms with E-state index < -0.39 is 0 Å². The highest BCUT2D eigenvalue weighted by atomic mass is 15.0. The second-order valence-corrected chi connectivity index (χ2v) is 12.8. The third-order valence-corrected chi connectivity index (χ3v) is 9.98. The van der Waals surface area contributed by atoms with Gasteiger partial charge in [0.05, 0.1) is 22.2 Å². The predicted molar refractivity (Wildman–Crippen MR) is 207 cm³/mol. The second kappa shape index (κ2) is 11.0. The number of hydrogen-bond donors (Lipinski definition) is 0. The van der Waals surface area contributed by atoms with Gasteiger partial charge in [0, 0.05) is 38.2 Å². The second-order valence-electron chi connectivity index (χ2n) is 12.8. The Hall–Kier alpha value is -6.51. The van der Waals surface area contributed by atoms with Crippen LogP contribution in [0.4, 0.5) is 0 Å². The zero-order valence-electron chi connectivity index (χ0n) is 26.7. The molecule has 0 radical (unpaired) electrons. The third-order valence-electron chi connectivity index (χ3n) is 9.98. The fourth-order valence-corrected chi connectivity index (χ4v) is 7.64. The first-order valence-corrected chi connectivity index (χ1v) is 16.8. The molecule has 0 aliphatic carbocycles. The molecule has 0 fully saturated rings. The summed E-state index contributed by atoms with van der Waals surface area (Å²) in [7, 11) is 0. The summed E-state index contributed by atoms with van der Waals surface area (Å²) in [5.41, 5.74) is 11.5. The van der Waals surface area contributed by atoms with Crippen molar-refractivity contribution in [1.29, 1.82) is 0 Å². The molecule has 0 saturated heterocycles. The molecular formula is C47H30N2. The van der Waals surface area contributed by atoms with Crippen molar-refractivity contribution in [1.82, 2.24) is 9.55 Å². The molecule has 0 unspecified atom stereocenters. The molecular weight excluding hydrogens is 593 g/mol. The van der Waals surface area contributed by atoms with Crippen LogP contribution in [-0.2, 0) is 0 Å². The Morgan fingerprint density at radius 1 is 0.347 bits per heavy atom. The summed E-state index contributed by atoms with van der Waals surface area (Å²) in [6.45, 7) is 0. The van der Waals surface area contributed by atoms with Gasteiger partial charge >= 0.3 is 0 Å². The number of pyridine rings is 1. The average Bonchev–Trinajstić information content (AvgIpc) is 3.52. The molecule has 0 aliphatic heterocycles. The van der Waals surface area contributed by atoms with Gasteiger partial charge in [-0.25, -0.2) is 4.98 Å². The van der Waals surface area contributed by atoms with Crippen LogP contribution in [0.15, 0.2) is 182 Å². The largest absolute Gasteiger partial charge is 0.309 e. The molecule has 10 rings (SSSR count). The zero-order chi connectivity index (χ0) is 32.3. The fourth-order valence-electron chi connectivity index (χ4n) is 7.64. The number of fused-ring (bicyclic) bond motifs is 8. The van der Waals surface area contributed by atoms with Crippen molar-refractivity contribution in [3.8, 4) is 39.2 Å². The van der Waals surface area contributed by atoms with Crippen molar-refractivity contribution in [3.05, 3.63) is 182 Å². The minimum Gasteiger partial charge on any atom is -0.309 e. The molecule has 0 atom stereocenters. The molecule has 0 saturated carbocycles. The highest BCUT2D eigenvalue weighted by Crippen LogP contribution is 2.38. The number of nitrogens with zero attached hydrogens (tertiary/aromatic N) is 2. The number of para-hydroxylation sites is 3. The lowest BCUT2D eigenvalue weighted by Gasteiger charge is -2.13. The van der Waals surface area contributed by atoms with Crippen LogP contribution in [0.2, 0.25) is 0 Å². The van der Waals surface area contributed by atoms with Gasteiger partial charge in [0.15, 0.2) is 0 Å². The Morgan fingerprint density at radius 3 is 1.59 bits per heavy atom. The van der Waals surface area contributed by atoms with Gasteiger partial charge in [0.2, 0.25) is 0 Å². The third kappa shape index (κ3) is 4.46. The van der Waals surface area contributed by atoms with E-state index in [0.717, 1.165) is 22.5 Å². The summed E-state index contributed by atoms with van der Waals surface area (Å²) in [5, 5.41) is 8.69. The summed E-state index contributed by atoms with van der Waals surface area (Å²) in [6, 6.07) is 65.6. The lowest BCUT2D eigenvalue weighted by molar-refractivity contribution is 1.18. The van der Waals surface area contributed by atoms with E-state index in [1.54, 1.807) is 0 Å². The van der Waals surface area contributed by atoms with Gasteiger partial charge in [-0.2, -0.15) is 0 Å². The first kappa shape index (κ1) is 27.6. The predicted octanol–water partition coefficient (Wildman–Crippen LogP) is 12.6. The van der Waals surface area contributed by atoms with Crippen molar-refractivity contribution in [2.75, 3.05) is 0 Å². The average molecular weight is 623 g/mol. The SMILES string of the molecule is c1cc(-c2ccc(-c3ccc(-c4nc5ccccc5c5c4ccc4ccccc45)cc3)cc2)cc(-n2c3ccccc3c3ccccc32)c1. The molecule has 2 aromatic heterocycles. The van der Waals surface area contributed by atoms with E-state index >= 15 is 0 Å². The van der Waals surface area contributed by atoms with Crippen LogP contribution in [0.5, 0.6) is 0 Å². The zero-order valence-corrected chi connectivity index (χ0v) is 26.7. The van der Waals surface area contributed by atoms with Crippen LogP contribution in [0.1, 0.15) is 0 Å². The summed E-state index contributed by atoms with van der Waals surface area (Å²) < 4.78 is 2.38. The molecule has 2 nitrogen and oxygen atoms in total. The van der Waals surface area contributed by atoms with Crippen LogP contribution in [0, 0.1) is 0 Å². The highest BCUT2D eigenvalue weighted by molar-refractivity contribution is 6.22. The first-order chi connectivity index (χ1) is 24.3. The molecule has 0 aliphatic rings. The first-order valence-electron chi connectivity index (χ1n) is 16.8. The van der Waals surface area contributed by atoms with Crippen molar-refractivity contribution in [2.45, 2.75) is 0 Å². The number of aromatic nitrogens is 2. The van der Waals surface area contributed by atoms with Crippen molar-refractivity contribution in [2.24, 2.45) is 0 Å². The van der Waals surface area contributed by atoms with E-state index in [4.69, 9.17) is 4.98 Å². The normalized spacial score (nSPS) is 11.7. The maximum Gasteiger partial charge on any atom is 0.0788 e. The van der Waals surface area contributed by atoms with Crippen LogP contribution in [0.25, 0.3) is 93.5 Å². The van der Waals surface area contributed by atoms with Crippen molar-refractivity contribution in [3.63, 3.8) is 0 Å². The highest BCUT2D eigenvalue weighted by Gasteiger charge is 2.14. The Labute approximate surface area is 284 Å². The molecule has 0 bridgehead atoms. The number of benzene rings is 8. The quantitative estimate of drug-likeness (QED) is 0.179. The molecule has 2 heteroatoms. The van der Waals surface area contributed by atoms with Gasteiger partial charge in [-0.1, -0.05) is 152 Å². The number of rotatable bonds is 4. The maximum atomic E-state index is 5.19. The van der Waals surface area contributed by atoms with Gasteiger partial charge in [-0.3, -0.25) is 0 Å². The van der Waals surface area contributed by atoms with Gasteiger partial charge in [0.25, 0.3) is 0 Å². The lowest BCUT2D eigenvalue weighted by atomic mass is 9.94. The van der Waals surface area contributed by atoms with Gasteiger partial charge in [0.1, 0.15) is 0 Å². The molecule has 228 valence electrons. The lowest BCUT2D eigenvalue weighted by Crippen LogP contribution is -1.94. The van der Waals surface area contributed by atoms with Gasteiger partial charge in [-0.15, -0.1) is 0 Å². The van der Waals surface area contributed by atoms with Crippen LogP contribution in [-0.4, -0.2) is 9.55 Å². The Balaban J connectivity index is 1.00. The number of hydrogen-bond acceptors (Lipinski definition) is 1. The van der Waals surface area contributed by atoms with Gasteiger partial charge < -0.3 is 4.57 Å². The Bertz CT molecular complexity index is 2790. The summed E-state index contributed by atoms with van der Waals surface area (Å²) in [5.74, 6) is 0. The van der Waals surface area contributed by atoms with E-state index in [-0.39, 0.29) is 0 Å². The van der Waals surface area contributed by atoms with Crippen LogP contribution < -0.4 is 0 Å². The minimum atomic E-state index is 1.02. The molecule has 49 heavy (non-hydrogen) atoms. The molecule has 0 N–H and O–H groups in total. The molecule has 0 spiro atoms. The minimum absolute atomic E-state index is 1.02. The molecule has 10 aromatic rings. The Morgan fingerprint density at radius 2 is 0.898 bits per heavy atom. The van der Waals surface area contributed by atoms with E-state index in [1.165, 1.54) is 71.0 Å². The molecule has 2 heterocycles. The van der Waals surface area contributed by atoms with Crippen LogP contribution in [0.3, 0.4) is 0 Å². The summed E-state index contributed by atoms with van der Waals surface area (Å²) >= 11 is 0. The van der Waals surface area contributed by atoms with E-state index in [9.17, 15) is 0 Å². The topological polar surface area (TPSA) is 17.8 Å². The van der Waals surface area contributed by atoms with Gasteiger partial charge in [-0.05, 0) is 63.4 Å². The fraction of sp³-hybridized carbons (Fsp3) is 0. The standard InChI is InChI=1S/C47H30N2/c1-2-13-38-34(10-1)28-29-42-46(38)41-16-3-6-17-43(41)48-47(42)35-26-24-32(25-27-35)31-20-22-33(23-21-31)36-11-9-12-37(30-36)49-44-18-7-4-14-39(44)40-15-5-8-19-45(40)49/h1-30H. The maximum absolute atomic E-state index is 5.19. The smallest absolute Gasteiger partial charge is 0.0788 e. The molecule has 0 amide bonds.